The van der Waals surface area contributed by atoms with Gasteiger partial charge in [0.05, 0.1) is 17.7 Å². The Bertz CT molecular complexity index is 1230. The molecule has 3 aromatic carbocycles. The fourth-order valence-electron chi connectivity index (χ4n) is 3.49. The van der Waals surface area contributed by atoms with E-state index in [-0.39, 0.29) is 23.8 Å². The molecule has 0 atom stereocenters. The normalized spacial score (nSPS) is 11.2. The van der Waals surface area contributed by atoms with Crippen LogP contribution in [-0.4, -0.2) is 28.0 Å². The van der Waals surface area contributed by atoms with Crippen molar-refractivity contribution in [2.75, 3.05) is 18.0 Å². The SMILES string of the molecule is COc1ccc(CNC(=O)CCCN(c2cccc(Cl)c2C)S(=O)(=O)c2ccc(C)cc2)cc1. The molecule has 0 spiro atoms. The Hall–Kier alpha value is -3.03. The van der Waals surface area contributed by atoms with E-state index in [4.69, 9.17) is 16.3 Å². The molecule has 0 aliphatic rings. The summed E-state index contributed by atoms with van der Waals surface area (Å²) in [5.74, 6) is 0.604. The second kappa shape index (κ2) is 11.4. The maximum Gasteiger partial charge on any atom is 0.264 e. The third-order valence-electron chi connectivity index (χ3n) is 5.53. The van der Waals surface area contributed by atoms with Gasteiger partial charge in [-0.25, -0.2) is 8.42 Å². The number of hydrogen-bond donors (Lipinski definition) is 1. The summed E-state index contributed by atoms with van der Waals surface area (Å²) in [6.07, 6.45) is 0.543. The Labute approximate surface area is 206 Å². The molecule has 0 heterocycles. The van der Waals surface area contributed by atoms with Gasteiger partial charge in [0, 0.05) is 24.5 Å². The van der Waals surface area contributed by atoms with E-state index >= 15 is 0 Å². The number of ether oxygens (including phenoxy) is 1. The van der Waals surface area contributed by atoms with Crippen molar-refractivity contribution in [1.29, 1.82) is 0 Å². The molecule has 0 bridgehead atoms. The lowest BCUT2D eigenvalue weighted by molar-refractivity contribution is -0.121. The Balaban J connectivity index is 1.71. The highest BCUT2D eigenvalue weighted by Crippen LogP contribution is 2.31. The van der Waals surface area contributed by atoms with E-state index in [1.165, 1.54) is 4.31 Å². The number of halogens is 1. The van der Waals surface area contributed by atoms with Gasteiger partial charge < -0.3 is 10.1 Å². The van der Waals surface area contributed by atoms with Crippen LogP contribution in [0.2, 0.25) is 5.02 Å². The number of carbonyl (C=O) groups is 1. The highest BCUT2D eigenvalue weighted by atomic mass is 35.5. The molecule has 0 saturated heterocycles. The van der Waals surface area contributed by atoms with Crippen molar-refractivity contribution in [3.05, 3.63) is 88.4 Å². The van der Waals surface area contributed by atoms with Crippen molar-refractivity contribution in [3.63, 3.8) is 0 Å². The summed E-state index contributed by atoms with van der Waals surface area (Å²) in [6, 6.07) is 19.4. The lowest BCUT2D eigenvalue weighted by Crippen LogP contribution is -2.33. The van der Waals surface area contributed by atoms with Crippen LogP contribution in [-0.2, 0) is 21.4 Å². The zero-order chi connectivity index (χ0) is 24.7. The smallest absolute Gasteiger partial charge is 0.264 e. The molecule has 1 amide bonds. The lowest BCUT2D eigenvalue weighted by Gasteiger charge is -2.26. The number of benzene rings is 3. The van der Waals surface area contributed by atoms with Gasteiger partial charge in [-0.15, -0.1) is 0 Å². The summed E-state index contributed by atoms with van der Waals surface area (Å²) in [4.78, 5) is 12.6. The van der Waals surface area contributed by atoms with Gasteiger partial charge in [0.2, 0.25) is 5.91 Å². The number of nitrogens with zero attached hydrogens (tertiary/aromatic N) is 1. The molecule has 0 radical (unpaired) electrons. The van der Waals surface area contributed by atoms with Gasteiger partial charge in [0.1, 0.15) is 5.75 Å². The molecule has 3 rings (SSSR count). The van der Waals surface area contributed by atoms with E-state index in [0.29, 0.717) is 29.2 Å². The van der Waals surface area contributed by atoms with Crippen molar-refractivity contribution in [1.82, 2.24) is 5.32 Å². The average molecular weight is 501 g/mol. The third-order valence-corrected chi connectivity index (χ3v) is 7.77. The lowest BCUT2D eigenvalue weighted by atomic mass is 10.2. The van der Waals surface area contributed by atoms with Crippen LogP contribution in [0.5, 0.6) is 5.75 Å². The van der Waals surface area contributed by atoms with Crippen LogP contribution >= 0.6 is 11.6 Å². The Morgan fingerprint density at radius 2 is 1.68 bits per heavy atom. The fraction of sp³-hybridized carbons (Fsp3) is 0.269. The van der Waals surface area contributed by atoms with Gasteiger partial charge in [0.15, 0.2) is 0 Å². The van der Waals surface area contributed by atoms with Crippen LogP contribution in [0.3, 0.4) is 0 Å². The molecule has 0 aliphatic carbocycles. The average Bonchev–Trinajstić information content (AvgIpc) is 2.83. The van der Waals surface area contributed by atoms with E-state index < -0.39 is 10.0 Å². The highest BCUT2D eigenvalue weighted by Gasteiger charge is 2.26. The number of carbonyl (C=O) groups excluding carboxylic acids is 1. The minimum Gasteiger partial charge on any atom is -0.497 e. The van der Waals surface area contributed by atoms with Crippen molar-refractivity contribution in [2.24, 2.45) is 0 Å². The molecule has 34 heavy (non-hydrogen) atoms. The van der Waals surface area contributed by atoms with Crippen LogP contribution in [0.4, 0.5) is 5.69 Å². The van der Waals surface area contributed by atoms with Gasteiger partial charge in [-0.2, -0.15) is 0 Å². The number of methoxy groups -OCH3 is 1. The molecule has 6 nitrogen and oxygen atoms in total. The molecule has 3 aromatic rings. The molecular formula is C26H29ClN2O4S. The molecule has 0 saturated carbocycles. The van der Waals surface area contributed by atoms with Crippen molar-refractivity contribution < 1.29 is 17.9 Å². The number of hydrogen-bond acceptors (Lipinski definition) is 4. The molecule has 0 aliphatic heterocycles. The van der Waals surface area contributed by atoms with Crippen molar-refractivity contribution in [2.45, 2.75) is 38.1 Å². The first kappa shape index (κ1) is 25.6. The molecule has 0 aromatic heterocycles. The first-order chi connectivity index (χ1) is 16.2. The first-order valence-electron chi connectivity index (χ1n) is 11.0. The van der Waals surface area contributed by atoms with E-state index in [0.717, 1.165) is 16.9 Å². The zero-order valence-corrected chi connectivity index (χ0v) is 21.1. The molecular weight excluding hydrogens is 472 g/mol. The standard InChI is InChI=1S/C26H29ClN2O4S/c1-19-9-15-23(16-10-19)34(31,32)29(25-7-4-6-24(27)20(25)2)17-5-8-26(30)28-18-21-11-13-22(33-3)14-12-21/h4,6-7,9-16H,5,8,17-18H2,1-3H3,(H,28,30). The first-order valence-corrected chi connectivity index (χ1v) is 12.8. The van der Waals surface area contributed by atoms with Crippen molar-refractivity contribution in [3.8, 4) is 5.75 Å². The van der Waals surface area contributed by atoms with Crippen LogP contribution in [0.1, 0.15) is 29.5 Å². The van der Waals surface area contributed by atoms with E-state index in [1.807, 2.05) is 31.2 Å². The molecule has 8 heteroatoms. The summed E-state index contributed by atoms with van der Waals surface area (Å²) < 4.78 is 33.5. The van der Waals surface area contributed by atoms with Crippen LogP contribution in [0, 0.1) is 13.8 Å². The summed E-state index contributed by atoms with van der Waals surface area (Å²) >= 11 is 6.28. The van der Waals surface area contributed by atoms with Crippen LogP contribution in [0.15, 0.2) is 71.6 Å². The van der Waals surface area contributed by atoms with Gasteiger partial charge in [0.25, 0.3) is 10.0 Å². The van der Waals surface area contributed by atoms with Gasteiger partial charge in [-0.3, -0.25) is 9.10 Å². The fourth-order valence-corrected chi connectivity index (χ4v) is 5.22. The number of anilines is 1. The second-order valence-electron chi connectivity index (χ2n) is 8.00. The second-order valence-corrected chi connectivity index (χ2v) is 10.3. The summed E-state index contributed by atoms with van der Waals surface area (Å²) in [5.41, 5.74) is 3.10. The van der Waals surface area contributed by atoms with E-state index in [1.54, 1.807) is 56.5 Å². The van der Waals surface area contributed by atoms with Gasteiger partial charge >= 0.3 is 0 Å². The molecule has 0 unspecified atom stereocenters. The molecule has 0 fully saturated rings. The third kappa shape index (κ3) is 6.30. The predicted molar refractivity (Wildman–Crippen MR) is 136 cm³/mol. The van der Waals surface area contributed by atoms with E-state index in [9.17, 15) is 13.2 Å². The summed E-state index contributed by atoms with van der Waals surface area (Å²) in [7, 11) is -2.24. The Morgan fingerprint density at radius 1 is 1.00 bits per heavy atom. The number of nitrogens with one attached hydrogen (secondary N) is 1. The van der Waals surface area contributed by atoms with Crippen molar-refractivity contribution >= 4 is 33.2 Å². The summed E-state index contributed by atoms with van der Waals surface area (Å²) in [6.45, 7) is 4.23. The number of sulfonamides is 1. The monoisotopic (exact) mass is 500 g/mol. The number of rotatable bonds is 10. The minimum absolute atomic E-state index is 0.146. The van der Waals surface area contributed by atoms with Gasteiger partial charge in [-0.1, -0.05) is 47.5 Å². The van der Waals surface area contributed by atoms with Crippen LogP contribution < -0.4 is 14.4 Å². The largest absolute Gasteiger partial charge is 0.497 e. The molecule has 1 N–H and O–H groups in total. The predicted octanol–water partition coefficient (Wildman–Crippen LogP) is 5.26. The maximum absolute atomic E-state index is 13.5. The Kier molecular flexibility index (Phi) is 8.58. The van der Waals surface area contributed by atoms with Gasteiger partial charge in [-0.05, 0) is 67.8 Å². The maximum atomic E-state index is 13.5. The number of amides is 1. The van der Waals surface area contributed by atoms with Crippen LogP contribution in [0.25, 0.3) is 0 Å². The zero-order valence-electron chi connectivity index (χ0n) is 19.5. The molecule has 180 valence electrons. The minimum atomic E-state index is -3.84. The quantitative estimate of drug-likeness (QED) is 0.412. The Morgan fingerprint density at radius 3 is 2.32 bits per heavy atom. The highest BCUT2D eigenvalue weighted by molar-refractivity contribution is 7.92. The summed E-state index contributed by atoms with van der Waals surface area (Å²) in [5, 5.41) is 3.36. The number of aryl methyl sites for hydroxylation is 1. The van der Waals surface area contributed by atoms with E-state index in [2.05, 4.69) is 5.32 Å². The topological polar surface area (TPSA) is 75.7 Å².